The van der Waals surface area contributed by atoms with Gasteiger partial charge < -0.3 is 20.2 Å². The molecule has 0 unspecified atom stereocenters. The number of aromatic nitrogens is 5. The molecule has 1 saturated heterocycles. The Morgan fingerprint density at radius 3 is 2.58 bits per heavy atom. The molecule has 1 aromatic carbocycles. The Morgan fingerprint density at radius 1 is 1.08 bits per heavy atom. The number of ether oxygens (including phenoxy) is 1. The third-order valence-electron chi connectivity index (χ3n) is 6.07. The van der Waals surface area contributed by atoms with E-state index in [1.807, 2.05) is 44.2 Å². The van der Waals surface area contributed by atoms with E-state index in [9.17, 15) is 5.26 Å². The highest BCUT2D eigenvalue weighted by atomic mass is 16.5. The van der Waals surface area contributed by atoms with E-state index in [0.29, 0.717) is 28.9 Å². The molecule has 182 valence electrons. The second kappa shape index (κ2) is 9.81. The first-order valence-electron chi connectivity index (χ1n) is 11.7. The van der Waals surface area contributed by atoms with Gasteiger partial charge in [0.2, 0.25) is 5.89 Å². The smallest absolute Gasteiger partial charge is 0.270 e. The van der Waals surface area contributed by atoms with Crippen molar-refractivity contribution >= 4 is 5.82 Å². The lowest BCUT2D eigenvalue weighted by Crippen LogP contribution is -2.36. The van der Waals surface area contributed by atoms with Gasteiger partial charge in [-0.1, -0.05) is 12.1 Å². The average molecular weight is 483 g/mol. The van der Waals surface area contributed by atoms with Crippen molar-refractivity contribution in [1.29, 1.82) is 5.26 Å². The minimum Gasteiger partial charge on any atom is -0.414 e. The first-order chi connectivity index (χ1) is 17.4. The molecular formula is C26H26N8O2. The lowest BCUT2D eigenvalue weighted by atomic mass is 9.90. The fraction of sp³-hybridized carbons (Fsp3) is 0.308. The van der Waals surface area contributed by atoms with Crippen LogP contribution in [-0.2, 0) is 16.7 Å². The van der Waals surface area contributed by atoms with Crippen molar-refractivity contribution < 1.29 is 9.15 Å². The van der Waals surface area contributed by atoms with E-state index in [1.54, 1.807) is 18.5 Å². The third-order valence-corrected chi connectivity index (χ3v) is 6.07. The van der Waals surface area contributed by atoms with Gasteiger partial charge in [-0.2, -0.15) is 5.26 Å². The molecule has 0 radical (unpaired) electrons. The van der Waals surface area contributed by atoms with Crippen molar-refractivity contribution in [3.8, 4) is 40.4 Å². The number of hydrogen-bond donors (Lipinski definition) is 2. The monoisotopic (exact) mass is 482 g/mol. The van der Waals surface area contributed by atoms with Crippen molar-refractivity contribution in [2.24, 2.45) is 5.92 Å². The summed E-state index contributed by atoms with van der Waals surface area (Å²) in [6.45, 7) is 7.04. The van der Waals surface area contributed by atoms with Gasteiger partial charge in [0.05, 0.1) is 42.3 Å². The molecule has 10 heteroatoms. The molecule has 3 N–H and O–H groups in total. The second-order valence-corrected chi connectivity index (χ2v) is 9.30. The maximum atomic E-state index is 9.45. The van der Waals surface area contributed by atoms with E-state index in [1.165, 1.54) is 0 Å². The zero-order valence-electron chi connectivity index (χ0n) is 20.1. The molecule has 1 fully saturated rings. The largest absolute Gasteiger partial charge is 0.414 e. The van der Waals surface area contributed by atoms with E-state index in [-0.39, 0.29) is 11.7 Å². The molecule has 0 aliphatic carbocycles. The SMILES string of the molecule is CC(C)(C#N)c1cc(-c2cnc(N)c(-c3nnc(-c4ccc(CNCC5COC5)cc4)o3)n2)ccn1. The Morgan fingerprint density at radius 2 is 1.86 bits per heavy atom. The van der Waals surface area contributed by atoms with Crippen LogP contribution in [0.25, 0.3) is 34.3 Å². The summed E-state index contributed by atoms with van der Waals surface area (Å²) in [6, 6.07) is 13.8. The summed E-state index contributed by atoms with van der Waals surface area (Å²) in [7, 11) is 0. The Hall–Kier alpha value is -4.20. The van der Waals surface area contributed by atoms with Crippen molar-refractivity contribution in [3.63, 3.8) is 0 Å². The standard InChI is InChI=1S/C26H26N8O2/c1-26(2,15-27)21-9-19(7-8-30-21)20-12-31-23(28)22(32-20)25-34-33-24(36-25)18-5-3-16(4-6-18)10-29-11-17-13-35-14-17/h3-9,12,17,29H,10-11,13-14H2,1-2H3,(H2,28,31). The number of anilines is 1. The molecular weight excluding hydrogens is 456 g/mol. The highest BCUT2D eigenvalue weighted by Crippen LogP contribution is 2.29. The Kier molecular flexibility index (Phi) is 6.41. The van der Waals surface area contributed by atoms with Gasteiger partial charge in [0.25, 0.3) is 5.89 Å². The maximum absolute atomic E-state index is 9.45. The quantitative estimate of drug-likeness (QED) is 0.383. The topological polar surface area (TPSA) is 149 Å². The molecule has 4 heterocycles. The number of benzene rings is 1. The Labute approximate surface area is 208 Å². The van der Waals surface area contributed by atoms with E-state index >= 15 is 0 Å². The average Bonchev–Trinajstić information content (AvgIpc) is 3.36. The second-order valence-electron chi connectivity index (χ2n) is 9.30. The van der Waals surface area contributed by atoms with Gasteiger partial charge in [-0.15, -0.1) is 10.2 Å². The normalized spacial score (nSPS) is 13.8. The molecule has 0 atom stereocenters. The predicted octanol–water partition coefficient (Wildman–Crippen LogP) is 3.37. The summed E-state index contributed by atoms with van der Waals surface area (Å²) < 4.78 is 11.1. The van der Waals surface area contributed by atoms with E-state index < -0.39 is 5.41 Å². The van der Waals surface area contributed by atoms with Crippen molar-refractivity contribution in [2.75, 3.05) is 25.5 Å². The fourth-order valence-corrected chi connectivity index (χ4v) is 3.71. The lowest BCUT2D eigenvalue weighted by Gasteiger charge is -2.26. The van der Waals surface area contributed by atoms with Crippen LogP contribution >= 0.6 is 0 Å². The molecule has 1 aliphatic rings. The summed E-state index contributed by atoms with van der Waals surface area (Å²) >= 11 is 0. The van der Waals surface area contributed by atoms with E-state index in [0.717, 1.165) is 43.0 Å². The molecule has 3 aromatic heterocycles. The van der Waals surface area contributed by atoms with Gasteiger partial charge in [0, 0.05) is 36.3 Å². The van der Waals surface area contributed by atoms with Gasteiger partial charge in [-0.3, -0.25) is 4.98 Å². The number of nitrogens with zero attached hydrogens (tertiary/aromatic N) is 6. The highest BCUT2D eigenvalue weighted by molar-refractivity contribution is 5.69. The predicted molar refractivity (Wildman–Crippen MR) is 133 cm³/mol. The first kappa shape index (κ1) is 23.5. The van der Waals surface area contributed by atoms with Gasteiger partial charge in [-0.25, -0.2) is 9.97 Å². The van der Waals surface area contributed by atoms with Crippen molar-refractivity contribution in [2.45, 2.75) is 25.8 Å². The molecule has 5 rings (SSSR count). The minimum absolute atomic E-state index is 0.178. The summed E-state index contributed by atoms with van der Waals surface area (Å²) in [5.74, 6) is 1.33. The number of pyridine rings is 1. The number of hydrogen-bond acceptors (Lipinski definition) is 10. The van der Waals surface area contributed by atoms with Crippen LogP contribution in [0.3, 0.4) is 0 Å². The molecule has 0 saturated carbocycles. The van der Waals surface area contributed by atoms with Crippen LogP contribution in [-0.4, -0.2) is 44.9 Å². The minimum atomic E-state index is -0.737. The first-order valence-corrected chi connectivity index (χ1v) is 11.7. The summed E-state index contributed by atoms with van der Waals surface area (Å²) in [5.41, 5.74) is 9.57. The van der Waals surface area contributed by atoms with Gasteiger partial charge in [0.15, 0.2) is 11.5 Å². The number of nitrogen functional groups attached to an aromatic ring is 1. The van der Waals surface area contributed by atoms with Gasteiger partial charge >= 0.3 is 0 Å². The van der Waals surface area contributed by atoms with Crippen LogP contribution in [0.2, 0.25) is 0 Å². The third kappa shape index (κ3) is 4.93. The molecule has 0 amide bonds. The van der Waals surface area contributed by atoms with Crippen LogP contribution in [0.1, 0.15) is 25.1 Å². The number of rotatable bonds is 8. The molecule has 0 bridgehead atoms. The zero-order valence-corrected chi connectivity index (χ0v) is 20.1. The zero-order chi connectivity index (χ0) is 25.1. The van der Waals surface area contributed by atoms with Crippen LogP contribution in [0.15, 0.2) is 53.2 Å². The molecule has 10 nitrogen and oxygen atoms in total. The van der Waals surface area contributed by atoms with Crippen LogP contribution in [0, 0.1) is 17.2 Å². The molecule has 1 aliphatic heterocycles. The number of nitrogens with two attached hydrogens (primary N) is 1. The van der Waals surface area contributed by atoms with Gasteiger partial charge in [0.1, 0.15) is 0 Å². The van der Waals surface area contributed by atoms with Crippen LogP contribution < -0.4 is 11.1 Å². The number of nitriles is 1. The summed E-state index contributed by atoms with van der Waals surface area (Å²) in [6.07, 6.45) is 3.21. The van der Waals surface area contributed by atoms with Crippen LogP contribution in [0.4, 0.5) is 5.82 Å². The lowest BCUT2D eigenvalue weighted by molar-refractivity contribution is -0.0307. The summed E-state index contributed by atoms with van der Waals surface area (Å²) in [5, 5.41) is 21.2. The van der Waals surface area contributed by atoms with Crippen molar-refractivity contribution in [3.05, 3.63) is 60.0 Å². The molecule has 36 heavy (non-hydrogen) atoms. The number of nitrogens with one attached hydrogen (secondary N) is 1. The highest BCUT2D eigenvalue weighted by Gasteiger charge is 2.23. The van der Waals surface area contributed by atoms with E-state index in [2.05, 4.69) is 36.5 Å². The maximum Gasteiger partial charge on any atom is 0.270 e. The molecule has 0 spiro atoms. The fourth-order valence-electron chi connectivity index (χ4n) is 3.71. The van der Waals surface area contributed by atoms with Crippen LogP contribution in [0.5, 0.6) is 0 Å². The Bertz CT molecular complexity index is 1400. The Balaban J connectivity index is 1.34. The van der Waals surface area contributed by atoms with E-state index in [4.69, 9.17) is 14.9 Å². The summed E-state index contributed by atoms with van der Waals surface area (Å²) in [4.78, 5) is 13.2. The molecule has 4 aromatic rings. The van der Waals surface area contributed by atoms with Gasteiger partial charge in [-0.05, 0) is 43.7 Å². The van der Waals surface area contributed by atoms with Crippen molar-refractivity contribution in [1.82, 2.24) is 30.5 Å².